The van der Waals surface area contributed by atoms with Gasteiger partial charge < -0.3 is 9.64 Å². The van der Waals surface area contributed by atoms with Crippen molar-refractivity contribution in [3.05, 3.63) is 35.4 Å². The highest BCUT2D eigenvalue weighted by Crippen LogP contribution is 2.29. The van der Waals surface area contributed by atoms with Gasteiger partial charge in [-0.1, -0.05) is 12.1 Å². The number of carbonyl (C=O) groups is 1. The molecule has 2 rings (SSSR count). The zero-order valence-electron chi connectivity index (χ0n) is 10.4. The first kappa shape index (κ1) is 14.0. The molecule has 0 radical (unpaired) electrons. The van der Waals surface area contributed by atoms with Crippen LogP contribution < -0.4 is 0 Å². The standard InChI is InChI=1S/C13H14F3NO2/c1-17-5-6-19-11(8-17)12(18)9-3-2-4-10(7-9)13(14,15)16/h2-4,7,11H,5-6,8H2,1H3. The Balaban J connectivity index is 2.19. The molecule has 1 fully saturated rings. The Hall–Kier alpha value is -1.40. The largest absolute Gasteiger partial charge is 0.416 e. The van der Waals surface area contributed by atoms with Gasteiger partial charge in [0.05, 0.1) is 12.2 Å². The van der Waals surface area contributed by atoms with Crippen molar-refractivity contribution in [1.82, 2.24) is 4.90 Å². The summed E-state index contributed by atoms with van der Waals surface area (Å²) in [5.41, 5.74) is -0.780. The molecule has 104 valence electrons. The van der Waals surface area contributed by atoms with Gasteiger partial charge in [-0.05, 0) is 19.2 Å². The molecule has 0 aromatic heterocycles. The van der Waals surface area contributed by atoms with Gasteiger partial charge in [-0.3, -0.25) is 4.79 Å². The number of hydrogen-bond acceptors (Lipinski definition) is 3. The lowest BCUT2D eigenvalue weighted by Crippen LogP contribution is -2.44. The van der Waals surface area contributed by atoms with E-state index in [4.69, 9.17) is 4.74 Å². The fourth-order valence-electron chi connectivity index (χ4n) is 1.97. The summed E-state index contributed by atoms with van der Waals surface area (Å²) in [6.45, 7) is 1.52. The van der Waals surface area contributed by atoms with Crippen molar-refractivity contribution < 1.29 is 22.7 Å². The molecule has 0 amide bonds. The molecular formula is C13H14F3NO2. The summed E-state index contributed by atoms with van der Waals surface area (Å²) in [6.07, 6.45) is -5.14. The van der Waals surface area contributed by atoms with Crippen molar-refractivity contribution in [2.45, 2.75) is 12.3 Å². The van der Waals surface area contributed by atoms with E-state index in [2.05, 4.69) is 0 Å². The predicted octanol–water partition coefficient (Wildman–Crippen LogP) is 2.22. The molecule has 0 spiro atoms. The number of likely N-dealkylation sites (N-methyl/N-ethyl adjacent to an activating group) is 1. The molecule has 1 aromatic carbocycles. The summed E-state index contributed by atoms with van der Waals surface area (Å²) in [5.74, 6) is -0.405. The van der Waals surface area contributed by atoms with Crippen molar-refractivity contribution in [3.8, 4) is 0 Å². The third kappa shape index (κ3) is 3.33. The molecule has 1 heterocycles. The van der Waals surface area contributed by atoms with Gasteiger partial charge >= 0.3 is 6.18 Å². The number of Topliss-reactive ketones (excluding diaryl/α,β-unsaturated/α-hetero) is 1. The Labute approximate surface area is 109 Å². The Morgan fingerprint density at radius 3 is 2.79 bits per heavy atom. The first-order chi connectivity index (χ1) is 8.88. The molecule has 1 aliphatic heterocycles. The van der Waals surface area contributed by atoms with Gasteiger partial charge in [0.1, 0.15) is 6.10 Å². The van der Waals surface area contributed by atoms with Gasteiger partial charge in [0.2, 0.25) is 0 Å². The number of morpholine rings is 1. The summed E-state index contributed by atoms with van der Waals surface area (Å²) in [7, 11) is 1.84. The molecule has 0 saturated carbocycles. The highest BCUT2D eigenvalue weighted by atomic mass is 19.4. The van der Waals surface area contributed by atoms with E-state index < -0.39 is 23.6 Å². The van der Waals surface area contributed by atoms with E-state index in [1.165, 1.54) is 12.1 Å². The van der Waals surface area contributed by atoms with Gasteiger partial charge in [-0.2, -0.15) is 13.2 Å². The molecule has 0 bridgehead atoms. The number of halogens is 3. The smallest absolute Gasteiger partial charge is 0.367 e. The molecule has 19 heavy (non-hydrogen) atoms. The van der Waals surface area contributed by atoms with Gasteiger partial charge in [0.15, 0.2) is 5.78 Å². The molecule has 1 unspecified atom stereocenters. The molecule has 3 nitrogen and oxygen atoms in total. The van der Waals surface area contributed by atoms with Crippen molar-refractivity contribution in [3.63, 3.8) is 0 Å². The van der Waals surface area contributed by atoms with Crippen molar-refractivity contribution in [2.24, 2.45) is 0 Å². The monoisotopic (exact) mass is 273 g/mol. The third-order valence-corrected chi connectivity index (χ3v) is 3.04. The Bertz CT molecular complexity index is 473. The van der Waals surface area contributed by atoms with E-state index in [0.717, 1.165) is 12.1 Å². The minimum absolute atomic E-state index is 0.0372. The van der Waals surface area contributed by atoms with Crippen molar-refractivity contribution in [1.29, 1.82) is 0 Å². The lowest BCUT2D eigenvalue weighted by molar-refractivity contribution is -0.137. The maximum absolute atomic E-state index is 12.6. The lowest BCUT2D eigenvalue weighted by Gasteiger charge is -2.29. The van der Waals surface area contributed by atoms with E-state index in [1.807, 2.05) is 11.9 Å². The Morgan fingerprint density at radius 1 is 1.42 bits per heavy atom. The molecular weight excluding hydrogens is 259 g/mol. The average molecular weight is 273 g/mol. The zero-order chi connectivity index (χ0) is 14.0. The summed E-state index contributed by atoms with van der Waals surface area (Å²) < 4.78 is 43.1. The quantitative estimate of drug-likeness (QED) is 0.774. The first-order valence-electron chi connectivity index (χ1n) is 5.89. The third-order valence-electron chi connectivity index (χ3n) is 3.04. The van der Waals surface area contributed by atoms with Crippen LogP contribution in [0.25, 0.3) is 0 Å². The molecule has 1 atom stereocenters. The van der Waals surface area contributed by atoms with Crippen LogP contribution in [-0.2, 0) is 10.9 Å². The second-order valence-electron chi connectivity index (χ2n) is 4.56. The second-order valence-corrected chi connectivity index (χ2v) is 4.56. The normalized spacial score (nSPS) is 21.4. The summed E-state index contributed by atoms with van der Waals surface area (Å²) in [4.78, 5) is 14.0. The topological polar surface area (TPSA) is 29.5 Å². The van der Waals surface area contributed by atoms with E-state index in [-0.39, 0.29) is 5.56 Å². The van der Waals surface area contributed by atoms with Crippen LogP contribution in [0.15, 0.2) is 24.3 Å². The van der Waals surface area contributed by atoms with Crippen LogP contribution in [-0.4, -0.2) is 43.5 Å². The van der Waals surface area contributed by atoms with Gasteiger partial charge in [0.25, 0.3) is 0 Å². The maximum Gasteiger partial charge on any atom is 0.416 e. The Kier molecular flexibility index (Phi) is 3.91. The van der Waals surface area contributed by atoms with Crippen LogP contribution in [0.4, 0.5) is 13.2 Å². The summed E-state index contributed by atoms with van der Waals surface area (Å²) >= 11 is 0. The van der Waals surface area contributed by atoms with Crippen LogP contribution in [0, 0.1) is 0 Å². The van der Waals surface area contributed by atoms with E-state index in [1.54, 1.807) is 0 Å². The number of ketones is 1. The van der Waals surface area contributed by atoms with Gasteiger partial charge in [0, 0.05) is 18.7 Å². The zero-order valence-corrected chi connectivity index (χ0v) is 10.4. The number of hydrogen-bond donors (Lipinski definition) is 0. The number of carbonyl (C=O) groups excluding carboxylic acids is 1. The van der Waals surface area contributed by atoms with Gasteiger partial charge in [-0.25, -0.2) is 0 Å². The molecule has 6 heteroatoms. The van der Waals surface area contributed by atoms with Gasteiger partial charge in [-0.15, -0.1) is 0 Å². The summed E-state index contributed by atoms with van der Waals surface area (Å²) in [5, 5.41) is 0. The highest BCUT2D eigenvalue weighted by Gasteiger charge is 2.32. The minimum Gasteiger partial charge on any atom is -0.367 e. The van der Waals surface area contributed by atoms with Crippen LogP contribution in [0.5, 0.6) is 0 Å². The number of rotatable bonds is 2. The van der Waals surface area contributed by atoms with E-state index in [9.17, 15) is 18.0 Å². The molecule has 1 aromatic rings. The van der Waals surface area contributed by atoms with Crippen molar-refractivity contribution in [2.75, 3.05) is 26.7 Å². The Morgan fingerprint density at radius 2 is 2.16 bits per heavy atom. The SMILES string of the molecule is CN1CCOC(C(=O)c2cccc(C(F)(F)F)c2)C1. The average Bonchev–Trinajstić information content (AvgIpc) is 2.37. The molecule has 0 aliphatic carbocycles. The van der Waals surface area contributed by atoms with Crippen LogP contribution in [0.1, 0.15) is 15.9 Å². The second kappa shape index (κ2) is 5.30. The number of ether oxygens (including phenoxy) is 1. The summed E-state index contributed by atoms with van der Waals surface area (Å²) in [6, 6.07) is 4.45. The lowest BCUT2D eigenvalue weighted by atomic mass is 10.0. The van der Waals surface area contributed by atoms with Crippen LogP contribution in [0.3, 0.4) is 0 Å². The predicted molar refractivity (Wildman–Crippen MR) is 63.0 cm³/mol. The van der Waals surface area contributed by atoms with Crippen LogP contribution >= 0.6 is 0 Å². The molecule has 1 aliphatic rings. The molecule has 1 saturated heterocycles. The van der Waals surface area contributed by atoms with Crippen molar-refractivity contribution >= 4 is 5.78 Å². The fraction of sp³-hybridized carbons (Fsp3) is 0.462. The minimum atomic E-state index is -4.44. The first-order valence-corrected chi connectivity index (χ1v) is 5.89. The maximum atomic E-state index is 12.6. The number of alkyl halides is 3. The van der Waals surface area contributed by atoms with Crippen LogP contribution in [0.2, 0.25) is 0 Å². The number of benzene rings is 1. The fourth-order valence-corrected chi connectivity index (χ4v) is 1.97. The number of nitrogens with zero attached hydrogens (tertiary/aromatic N) is 1. The van der Waals surface area contributed by atoms with E-state index >= 15 is 0 Å². The molecule has 0 N–H and O–H groups in total. The van der Waals surface area contributed by atoms with E-state index in [0.29, 0.717) is 19.7 Å². The highest BCUT2D eigenvalue weighted by molar-refractivity contribution is 5.99.